The maximum absolute atomic E-state index is 11.8. The van der Waals surface area contributed by atoms with Gasteiger partial charge in [-0.25, -0.2) is 0 Å². The number of amides is 1. The Kier molecular flexibility index (Phi) is 4.54. The maximum Gasteiger partial charge on any atom is 0.311 e. The van der Waals surface area contributed by atoms with Crippen LogP contribution >= 0.6 is 0 Å². The number of hydrogen-bond acceptors (Lipinski definition) is 2. The van der Waals surface area contributed by atoms with Crippen molar-refractivity contribution in [2.45, 2.75) is 46.5 Å². The summed E-state index contributed by atoms with van der Waals surface area (Å²) in [6.07, 6.45) is 3.33. The highest BCUT2D eigenvalue weighted by Crippen LogP contribution is 2.36. The molecule has 1 rings (SSSR count). The zero-order valence-corrected chi connectivity index (χ0v) is 11.0. The van der Waals surface area contributed by atoms with Crippen molar-refractivity contribution in [3.8, 4) is 0 Å². The highest BCUT2D eigenvalue weighted by molar-refractivity contribution is 5.80. The number of aliphatic carboxylic acids is 1. The Morgan fingerprint density at radius 2 is 1.88 bits per heavy atom. The van der Waals surface area contributed by atoms with E-state index in [0.29, 0.717) is 18.8 Å². The molecule has 1 aliphatic rings. The van der Waals surface area contributed by atoms with Gasteiger partial charge in [0.2, 0.25) is 5.91 Å². The van der Waals surface area contributed by atoms with Crippen molar-refractivity contribution in [2.75, 3.05) is 6.54 Å². The van der Waals surface area contributed by atoms with Crippen LogP contribution < -0.4 is 5.32 Å². The molecule has 0 aromatic heterocycles. The third-order valence-corrected chi connectivity index (χ3v) is 4.15. The Balaban J connectivity index is 2.51. The van der Waals surface area contributed by atoms with Crippen molar-refractivity contribution < 1.29 is 14.7 Å². The molecule has 1 fully saturated rings. The number of carboxylic acids is 1. The summed E-state index contributed by atoms with van der Waals surface area (Å²) < 4.78 is 0. The van der Waals surface area contributed by atoms with Crippen LogP contribution in [0.15, 0.2) is 0 Å². The van der Waals surface area contributed by atoms with E-state index in [1.165, 1.54) is 0 Å². The van der Waals surface area contributed by atoms with Crippen LogP contribution in [-0.2, 0) is 9.59 Å². The third-order valence-electron chi connectivity index (χ3n) is 4.15. The molecule has 4 nitrogen and oxygen atoms in total. The van der Waals surface area contributed by atoms with E-state index in [0.717, 1.165) is 12.8 Å². The van der Waals surface area contributed by atoms with Gasteiger partial charge in [0, 0.05) is 12.5 Å². The molecule has 17 heavy (non-hydrogen) atoms. The molecule has 0 aromatic rings. The van der Waals surface area contributed by atoms with E-state index in [9.17, 15) is 14.7 Å². The molecule has 0 aromatic carbocycles. The normalized spacial score (nSPS) is 17.6. The summed E-state index contributed by atoms with van der Waals surface area (Å²) in [7, 11) is 0. The van der Waals surface area contributed by atoms with Crippen molar-refractivity contribution in [2.24, 2.45) is 17.3 Å². The summed E-state index contributed by atoms with van der Waals surface area (Å²) in [6.45, 7) is 5.88. The lowest BCUT2D eigenvalue weighted by Gasteiger charge is -2.27. The third kappa shape index (κ3) is 3.20. The SMILES string of the molecule is CCC(CC)(CNC(=O)C(C)C1CC1)C(=O)O. The summed E-state index contributed by atoms with van der Waals surface area (Å²) >= 11 is 0. The topological polar surface area (TPSA) is 66.4 Å². The first-order valence-electron chi connectivity index (χ1n) is 6.48. The van der Waals surface area contributed by atoms with Crippen LogP contribution in [0.2, 0.25) is 0 Å². The van der Waals surface area contributed by atoms with Crippen LogP contribution in [0.4, 0.5) is 0 Å². The Labute approximate surface area is 103 Å². The first-order valence-corrected chi connectivity index (χ1v) is 6.48. The molecule has 0 bridgehead atoms. The lowest BCUT2D eigenvalue weighted by Crippen LogP contribution is -2.44. The van der Waals surface area contributed by atoms with E-state index in [1.807, 2.05) is 20.8 Å². The van der Waals surface area contributed by atoms with Gasteiger partial charge in [-0.15, -0.1) is 0 Å². The highest BCUT2D eigenvalue weighted by Gasteiger charge is 2.37. The Morgan fingerprint density at radius 1 is 1.35 bits per heavy atom. The van der Waals surface area contributed by atoms with Crippen molar-refractivity contribution >= 4 is 11.9 Å². The molecule has 2 N–H and O–H groups in total. The second kappa shape index (κ2) is 5.52. The molecule has 0 spiro atoms. The number of carboxylic acid groups (broad SMARTS) is 1. The molecule has 1 saturated carbocycles. The maximum atomic E-state index is 11.8. The fraction of sp³-hybridized carbons (Fsp3) is 0.846. The number of nitrogens with one attached hydrogen (secondary N) is 1. The van der Waals surface area contributed by atoms with E-state index < -0.39 is 11.4 Å². The van der Waals surface area contributed by atoms with Gasteiger partial charge in [0.15, 0.2) is 0 Å². The van der Waals surface area contributed by atoms with Gasteiger partial charge in [-0.3, -0.25) is 9.59 Å². The van der Waals surface area contributed by atoms with Gasteiger partial charge >= 0.3 is 5.97 Å². The second-order valence-corrected chi connectivity index (χ2v) is 5.14. The van der Waals surface area contributed by atoms with Crippen molar-refractivity contribution in [3.05, 3.63) is 0 Å². The lowest BCUT2D eigenvalue weighted by molar-refractivity contribution is -0.149. The Morgan fingerprint density at radius 3 is 2.24 bits per heavy atom. The minimum absolute atomic E-state index is 0.0000231. The number of carbonyl (C=O) groups excluding carboxylic acids is 1. The quantitative estimate of drug-likeness (QED) is 0.716. The molecule has 1 aliphatic carbocycles. The zero-order chi connectivity index (χ0) is 13.1. The van der Waals surface area contributed by atoms with Crippen LogP contribution in [-0.4, -0.2) is 23.5 Å². The van der Waals surface area contributed by atoms with Crippen molar-refractivity contribution in [1.29, 1.82) is 0 Å². The van der Waals surface area contributed by atoms with Crippen LogP contribution in [0.25, 0.3) is 0 Å². The zero-order valence-electron chi connectivity index (χ0n) is 11.0. The molecular weight excluding hydrogens is 218 g/mol. The average molecular weight is 241 g/mol. The highest BCUT2D eigenvalue weighted by atomic mass is 16.4. The molecule has 0 aliphatic heterocycles. The summed E-state index contributed by atoms with van der Waals surface area (Å²) in [4.78, 5) is 23.1. The summed E-state index contributed by atoms with van der Waals surface area (Å²) in [5.41, 5.74) is -0.807. The minimum Gasteiger partial charge on any atom is -0.481 e. The first-order chi connectivity index (χ1) is 7.96. The van der Waals surface area contributed by atoms with E-state index in [2.05, 4.69) is 5.32 Å². The first kappa shape index (κ1) is 14.0. The predicted octanol–water partition coefficient (Wildman–Crippen LogP) is 2.04. The van der Waals surface area contributed by atoms with Gasteiger partial charge in [-0.1, -0.05) is 20.8 Å². The molecular formula is C13H23NO3. The smallest absolute Gasteiger partial charge is 0.311 e. The summed E-state index contributed by atoms with van der Waals surface area (Å²) in [5, 5.41) is 12.1. The van der Waals surface area contributed by atoms with E-state index in [-0.39, 0.29) is 18.4 Å². The van der Waals surface area contributed by atoms with E-state index >= 15 is 0 Å². The largest absolute Gasteiger partial charge is 0.481 e. The van der Waals surface area contributed by atoms with Crippen LogP contribution in [0.1, 0.15) is 46.5 Å². The van der Waals surface area contributed by atoms with Crippen molar-refractivity contribution in [3.63, 3.8) is 0 Å². The Hall–Kier alpha value is -1.06. The minimum atomic E-state index is -0.818. The van der Waals surface area contributed by atoms with Gasteiger partial charge in [-0.2, -0.15) is 0 Å². The van der Waals surface area contributed by atoms with E-state index in [1.54, 1.807) is 0 Å². The van der Waals surface area contributed by atoms with Gasteiger partial charge in [0.1, 0.15) is 0 Å². The van der Waals surface area contributed by atoms with Gasteiger partial charge in [0.05, 0.1) is 5.41 Å². The monoisotopic (exact) mass is 241 g/mol. The molecule has 1 atom stereocenters. The number of hydrogen-bond donors (Lipinski definition) is 2. The molecule has 0 radical (unpaired) electrons. The molecule has 98 valence electrons. The standard InChI is InChI=1S/C13H23NO3/c1-4-13(5-2,12(16)17)8-14-11(15)9(3)10-6-7-10/h9-10H,4-8H2,1-3H3,(H,14,15)(H,16,17). The van der Waals surface area contributed by atoms with Crippen molar-refractivity contribution in [1.82, 2.24) is 5.32 Å². The molecule has 4 heteroatoms. The van der Waals surface area contributed by atoms with Gasteiger partial charge < -0.3 is 10.4 Å². The summed E-state index contributed by atoms with van der Waals surface area (Å²) in [5.74, 6) is -0.283. The van der Waals surface area contributed by atoms with E-state index in [4.69, 9.17) is 0 Å². The number of carbonyl (C=O) groups is 2. The van der Waals surface area contributed by atoms with Crippen LogP contribution in [0, 0.1) is 17.3 Å². The van der Waals surface area contributed by atoms with Crippen LogP contribution in [0.5, 0.6) is 0 Å². The summed E-state index contributed by atoms with van der Waals surface area (Å²) in [6, 6.07) is 0. The fourth-order valence-corrected chi connectivity index (χ4v) is 2.11. The van der Waals surface area contributed by atoms with Gasteiger partial charge in [-0.05, 0) is 31.6 Å². The molecule has 0 saturated heterocycles. The second-order valence-electron chi connectivity index (χ2n) is 5.14. The Bertz CT molecular complexity index is 293. The van der Waals surface area contributed by atoms with Gasteiger partial charge in [0.25, 0.3) is 0 Å². The average Bonchev–Trinajstić information content (AvgIpc) is 3.13. The number of rotatable bonds is 7. The molecule has 0 heterocycles. The predicted molar refractivity (Wildman–Crippen MR) is 65.5 cm³/mol. The fourth-order valence-electron chi connectivity index (χ4n) is 2.11. The van der Waals surface area contributed by atoms with Crippen LogP contribution in [0.3, 0.4) is 0 Å². The molecule has 1 unspecified atom stereocenters. The molecule has 1 amide bonds. The lowest BCUT2D eigenvalue weighted by atomic mass is 9.82.